The maximum atomic E-state index is 2.57. The number of rotatable bonds is 9. The van der Waals surface area contributed by atoms with Crippen LogP contribution in [0.1, 0.15) is 89.5 Å². The molecule has 0 radical (unpaired) electrons. The number of fused-ring (bicyclic) bond motifs is 3. The Kier molecular flexibility index (Phi) is 8.50. The summed E-state index contributed by atoms with van der Waals surface area (Å²) in [5.41, 5.74) is 11.8. The molecule has 210 valence electrons. The van der Waals surface area contributed by atoms with Crippen molar-refractivity contribution in [3.63, 3.8) is 0 Å². The number of hydrogen-bond acceptors (Lipinski definition) is 2. The van der Waals surface area contributed by atoms with Crippen LogP contribution in [0.15, 0.2) is 60.7 Å². The molecule has 0 saturated carbocycles. The van der Waals surface area contributed by atoms with E-state index >= 15 is 0 Å². The van der Waals surface area contributed by atoms with Crippen molar-refractivity contribution in [3.05, 3.63) is 82.9 Å². The predicted octanol–water partition coefficient (Wildman–Crippen LogP) is 8.90. The molecule has 0 saturated heterocycles. The third-order valence-corrected chi connectivity index (χ3v) is 8.73. The summed E-state index contributed by atoms with van der Waals surface area (Å²) in [7, 11) is 8.80. The third-order valence-electron chi connectivity index (χ3n) is 8.73. The Morgan fingerprint density at radius 3 is 1.46 bits per heavy atom. The van der Waals surface area contributed by atoms with E-state index < -0.39 is 0 Å². The maximum Gasteiger partial charge on any atom is 0.0216 e. The highest BCUT2D eigenvalue weighted by Crippen LogP contribution is 2.55. The fourth-order valence-electron chi connectivity index (χ4n) is 6.36. The minimum absolute atomic E-state index is 0.0410. The molecule has 0 aromatic heterocycles. The summed E-state index contributed by atoms with van der Waals surface area (Å²) in [4.78, 5) is 4.67. The van der Waals surface area contributed by atoms with Crippen LogP contribution < -0.4 is 0 Å². The van der Waals surface area contributed by atoms with Crippen LogP contribution in [0.5, 0.6) is 0 Å². The SMILES string of the molecule is CN(C)CCCC1(CCCN(C)C)c2cc(-c3ccc(C(C)(C)C)cc3)ccc2-c2ccc(C(C)(C)C)cc21. The standard InChI is InChI=1S/C37H52N2/c1-35(2,3)29-16-13-27(14-17-29)28-15-19-31-32-20-18-30(36(4,5)6)26-34(32)37(33(31)25-28,21-11-23-38(7)8)22-12-24-39(9)10/h13-20,25-26H,11-12,21-24H2,1-10H3. The van der Waals surface area contributed by atoms with Crippen LogP contribution in [0.25, 0.3) is 22.3 Å². The lowest BCUT2D eigenvalue weighted by atomic mass is 9.70. The van der Waals surface area contributed by atoms with E-state index in [4.69, 9.17) is 0 Å². The van der Waals surface area contributed by atoms with Crippen molar-refractivity contribution in [2.45, 2.75) is 83.5 Å². The lowest BCUT2D eigenvalue weighted by Gasteiger charge is -2.34. The Morgan fingerprint density at radius 2 is 0.974 bits per heavy atom. The normalized spacial score (nSPS) is 14.7. The van der Waals surface area contributed by atoms with Gasteiger partial charge in [0, 0.05) is 5.41 Å². The lowest BCUT2D eigenvalue weighted by molar-refractivity contribution is 0.328. The van der Waals surface area contributed by atoms with Crippen molar-refractivity contribution in [1.82, 2.24) is 9.80 Å². The van der Waals surface area contributed by atoms with Gasteiger partial charge in [0.15, 0.2) is 0 Å². The molecule has 2 nitrogen and oxygen atoms in total. The molecule has 3 aromatic rings. The van der Waals surface area contributed by atoms with Crippen LogP contribution in [0.4, 0.5) is 0 Å². The summed E-state index contributed by atoms with van der Waals surface area (Å²) in [6, 6.07) is 23.9. The molecule has 0 atom stereocenters. The molecule has 0 bridgehead atoms. The van der Waals surface area contributed by atoms with Crippen molar-refractivity contribution in [1.29, 1.82) is 0 Å². The molecule has 1 aliphatic rings. The van der Waals surface area contributed by atoms with Crippen molar-refractivity contribution >= 4 is 0 Å². The number of hydrogen-bond donors (Lipinski definition) is 0. The van der Waals surface area contributed by atoms with Crippen molar-refractivity contribution in [3.8, 4) is 22.3 Å². The second kappa shape index (κ2) is 11.2. The monoisotopic (exact) mass is 524 g/mol. The van der Waals surface area contributed by atoms with E-state index in [-0.39, 0.29) is 16.2 Å². The minimum atomic E-state index is 0.0410. The Hall–Kier alpha value is -2.42. The molecule has 0 heterocycles. The van der Waals surface area contributed by atoms with E-state index in [1.807, 2.05) is 0 Å². The zero-order valence-electron chi connectivity index (χ0n) is 26.4. The van der Waals surface area contributed by atoms with Gasteiger partial charge in [-0.2, -0.15) is 0 Å². The Balaban J connectivity index is 1.87. The van der Waals surface area contributed by atoms with Crippen molar-refractivity contribution < 1.29 is 0 Å². The molecular weight excluding hydrogens is 472 g/mol. The van der Waals surface area contributed by atoms with Crippen LogP contribution in [0, 0.1) is 0 Å². The van der Waals surface area contributed by atoms with Crippen LogP contribution in [0.3, 0.4) is 0 Å². The molecule has 4 rings (SSSR count). The van der Waals surface area contributed by atoms with Gasteiger partial charge in [-0.15, -0.1) is 0 Å². The van der Waals surface area contributed by atoms with Gasteiger partial charge in [-0.25, -0.2) is 0 Å². The zero-order chi connectivity index (χ0) is 28.6. The molecule has 39 heavy (non-hydrogen) atoms. The van der Waals surface area contributed by atoms with Crippen LogP contribution in [-0.2, 0) is 16.2 Å². The lowest BCUT2D eigenvalue weighted by Crippen LogP contribution is -2.29. The zero-order valence-corrected chi connectivity index (χ0v) is 26.4. The molecule has 0 aliphatic heterocycles. The van der Waals surface area contributed by atoms with Gasteiger partial charge >= 0.3 is 0 Å². The molecular formula is C37H52N2. The number of nitrogens with zero attached hydrogens (tertiary/aromatic N) is 2. The van der Waals surface area contributed by atoms with Crippen molar-refractivity contribution in [2.75, 3.05) is 41.3 Å². The average Bonchev–Trinajstić information content (AvgIpc) is 3.11. The van der Waals surface area contributed by atoms with E-state index in [1.54, 1.807) is 11.1 Å². The summed E-state index contributed by atoms with van der Waals surface area (Å²) in [5, 5.41) is 0. The average molecular weight is 525 g/mol. The summed E-state index contributed by atoms with van der Waals surface area (Å²) in [6.45, 7) is 16.1. The quantitative estimate of drug-likeness (QED) is 0.276. The van der Waals surface area contributed by atoms with Gasteiger partial charge in [-0.1, -0.05) is 96.1 Å². The summed E-state index contributed by atoms with van der Waals surface area (Å²) >= 11 is 0. The first-order chi connectivity index (χ1) is 18.2. The van der Waals surface area contributed by atoms with Crippen molar-refractivity contribution in [2.24, 2.45) is 0 Å². The topological polar surface area (TPSA) is 6.48 Å². The first-order valence-electron chi connectivity index (χ1n) is 14.9. The maximum absolute atomic E-state index is 2.57. The molecule has 0 spiro atoms. The van der Waals surface area contributed by atoms with Gasteiger partial charge in [0.2, 0.25) is 0 Å². The van der Waals surface area contributed by atoms with Gasteiger partial charge in [-0.3, -0.25) is 0 Å². The molecule has 3 aromatic carbocycles. The fourth-order valence-corrected chi connectivity index (χ4v) is 6.36. The van der Waals surface area contributed by atoms with Gasteiger partial charge < -0.3 is 9.80 Å². The summed E-state index contributed by atoms with van der Waals surface area (Å²) < 4.78 is 0. The number of benzene rings is 3. The van der Waals surface area contributed by atoms with E-state index in [0.717, 1.165) is 13.1 Å². The van der Waals surface area contributed by atoms with E-state index in [0.29, 0.717) is 0 Å². The fraction of sp³-hybridized carbons (Fsp3) is 0.514. The minimum Gasteiger partial charge on any atom is -0.309 e. The van der Waals surface area contributed by atoms with E-state index in [2.05, 4.69) is 140 Å². The first-order valence-corrected chi connectivity index (χ1v) is 14.9. The Labute approximate surface area is 239 Å². The second-order valence-corrected chi connectivity index (χ2v) is 14.5. The Bertz CT molecular complexity index is 1250. The van der Waals surface area contributed by atoms with Gasteiger partial charge in [-0.05, 0) is 128 Å². The molecule has 1 aliphatic carbocycles. The highest BCUT2D eigenvalue weighted by Gasteiger charge is 2.43. The molecule has 2 heteroatoms. The van der Waals surface area contributed by atoms with E-state index in [1.165, 1.54) is 59.1 Å². The largest absolute Gasteiger partial charge is 0.309 e. The smallest absolute Gasteiger partial charge is 0.0216 e. The van der Waals surface area contributed by atoms with Crippen LogP contribution in [-0.4, -0.2) is 51.1 Å². The molecule has 0 amide bonds. The van der Waals surface area contributed by atoms with E-state index in [9.17, 15) is 0 Å². The molecule has 0 N–H and O–H groups in total. The highest BCUT2D eigenvalue weighted by molar-refractivity contribution is 5.84. The Morgan fingerprint density at radius 1 is 0.538 bits per heavy atom. The summed E-state index contributed by atoms with van der Waals surface area (Å²) in [6.07, 6.45) is 4.74. The second-order valence-electron chi connectivity index (χ2n) is 14.5. The first kappa shape index (κ1) is 29.6. The van der Waals surface area contributed by atoms with Gasteiger partial charge in [0.1, 0.15) is 0 Å². The van der Waals surface area contributed by atoms with Crippen LogP contribution in [0.2, 0.25) is 0 Å². The summed E-state index contributed by atoms with van der Waals surface area (Å²) in [5.74, 6) is 0. The molecule has 0 unspecified atom stereocenters. The van der Waals surface area contributed by atoms with Gasteiger partial charge in [0.25, 0.3) is 0 Å². The highest BCUT2D eigenvalue weighted by atomic mass is 15.1. The predicted molar refractivity (Wildman–Crippen MR) is 171 cm³/mol. The third kappa shape index (κ3) is 6.34. The van der Waals surface area contributed by atoms with Crippen LogP contribution >= 0.6 is 0 Å². The molecule has 0 fully saturated rings. The van der Waals surface area contributed by atoms with Gasteiger partial charge in [0.05, 0.1) is 0 Å².